The number of nitrogens with one attached hydrogen (secondary N) is 1. The lowest BCUT2D eigenvalue weighted by atomic mass is 9.78. The highest BCUT2D eigenvalue weighted by Crippen LogP contribution is 2.38. The molecule has 2 amide bonds. The average Bonchev–Trinajstić information content (AvgIpc) is 2.75. The molecule has 31 heavy (non-hydrogen) atoms. The highest BCUT2D eigenvalue weighted by Gasteiger charge is 2.30. The summed E-state index contributed by atoms with van der Waals surface area (Å²) in [5, 5.41) is 3.47. The minimum atomic E-state index is -0.450. The summed E-state index contributed by atoms with van der Waals surface area (Å²) in [5.74, 6) is 0.547. The van der Waals surface area contributed by atoms with E-state index in [1.165, 1.54) is 29.1 Å². The topological polar surface area (TPSA) is 49.4 Å². The maximum atomic E-state index is 14.4. The molecular formula is C24H26ClFN2O2S. The van der Waals surface area contributed by atoms with E-state index < -0.39 is 5.82 Å². The molecule has 1 N–H and O–H groups in total. The monoisotopic (exact) mass is 460 g/mol. The van der Waals surface area contributed by atoms with Gasteiger partial charge in [0.25, 0.3) is 5.91 Å². The van der Waals surface area contributed by atoms with Gasteiger partial charge in [-0.3, -0.25) is 9.59 Å². The van der Waals surface area contributed by atoms with Gasteiger partial charge in [-0.15, -0.1) is 11.8 Å². The number of hydrogen-bond acceptors (Lipinski definition) is 3. The van der Waals surface area contributed by atoms with Gasteiger partial charge >= 0.3 is 0 Å². The molecule has 0 radical (unpaired) electrons. The van der Waals surface area contributed by atoms with E-state index in [0.29, 0.717) is 23.1 Å². The molecule has 1 fully saturated rings. The Hall–Kier alpha value is -2.05. The molecule has 4 rings (SSSR count). The number of halogens is 2. The molecule has 3 atom stereocenters. The van der Waals surface area contributed by atoms with Crippen molar-refractivity contribution in [2.45, 2.75) is 50.6 Å². The number of fused-ring (bicyclic) bond motifs is 1. The molecule has 0 spiro atoms. The van der Waals surface area contributed by atoms with Crippen LogP contribution in [0.3, 0.4) is 0 Å². The van der Waals surface area contributed by atoms with Crippen LogP contribution in [-0.2, 0) is 11.3 Å². The maximum absolute atomic E-state index is 14.4. The zero-order valence-electron chi connectivity index (χ0n) is 17.7. The second-order valence-electron chi connectivity index (χ2n) is 8.50. The third-order valence-corrected chi connectivity index (χ3v) is 7.97. The van der Waals surface area contributed by atoms with Crippen molar-refractivity contribution in [1.29, 1.82) is 0 Å². The van der Waals surface area contributed by atoms with Crippen molar-refractivity contribution in [2.24, 2.45) is 11.8 Å². The minimum Gasteiger partial charge on any atom is -0.349 e. The van der Waals surface area contributed by atoms with Crippen LogP contribution in [-0.4, -0.2) is 23.6 Å². The van der Waals surface area contributed by atoms with Crippen LogP contribution in [0.4, 0.5) is 10.1 Å². The number of carbonyl (C=O) groups excluding carboxylic acids is 2. The molecule has 3 unspecified atom stereocenters. The number of rotatable bonds is 4. The smallest absolute Gasteiger partial charge is 0.251 e. The number of benzene rings is 2. The summed E-state index contributed by atoms with van der Waals surface area (Å²) >= 11 is 7.62. The summed E-state index contributed by atoms with van der Waals surface area (Å²) in [4.78, 5) is 28.1. The van der Waals surface area contributed by atoms with Crippen LogP contribution in [0.1, 0.15) is 49.0 Å². The SMILES string of the molecule is CC1CCCC(NC(=O)c2ccc3c(c2)N(Cc2c(F)cccc2Cl)C(=O)CS3)C1C. The summed E-state index contributed by atoms with van der Waals surface area (Å²) in [5.41, 5.74) is 1.40. The van der Waals surface area contributed by atoms with Gasteiger partial charge in [0.2, 0.25) is 5.91 Å². The lowest BCUT2D eigenvalue weighted by Crippen LogP contribution is -2.43. The van der Waals surface area contributed by atoms with Gasteiger partial charge in [-0.2, -0.15) is 0 Å². The zero-order valence-corrected chi connectivity index (χ0v) is 19.2. The second-order valence-corrected chi connectivity index (χ2v) is 9.92. The van der Waals surface area contributed by atoms with E-state index in [1.807, 2.05) is 6.07 Å². The van der Waals surface area contributed by atoms with Crippen LogP contribution in [0.15, 0.2) is 41.3 Å². The lowest BCUT2D eigenvalue weighted by molar-refractivity contribution is -0.116. The molecule has 1 saturated carbocycles. The number of amides is 2. The molecule has 2 aliphatic rings. The number of thioether (sulfide) groups is 1. The molecular weight excluding hydrogens is 435 g/mol. The first-order chi connectivity index (χ1) is 14.8. The van der Waals surface area contributed by atoms with Crippen molar-refractivity contribution in [2.75, 3.05) is 10.7 Å². The van der Waals surface area contributed by atoms with Crippen LogP contribution in [0, 0.1) is 17.7 Å². The van der Waals surface area contributed by atoms with E-state index in [0.717, 1.165) is 17.7 Å². The first kappa shape index (κ1) is 22.2. The zero-order chi connectivity index (χ0) is 22.1. The highest BCUT2D eigenvalue weighted by atomic mass is 35.5. The molecule has 0 bridgehead atoms. The van der Waals surface area contributed by atoms with Gasteiger partial charge in [0.1, 0.15) is 5.82 Å². The standard InChI is InChI=1S/C24H26ClFN2O2S/c1-14-5-3-8-20(15(14)2)27-24(30)16-9-10-22-21(11-16)28(23(29)13-31-22)12-17-18(25)6-4-7-19(17)26/h4,6-7,9-11,14-15,20H,3,5,8,12-13H2,1-2H3,(H,27,30). The predicted octanol–water partition coefficient (Wildman–Crippen LogP) is 5.67. The fraction of sp³-hybridized carbons (Fsp3) is 0.417. The molecule has 0 saturated heterocycles. The van der Waals surface area contributed by atoms with Crippen LogP contribution < -0.4 is 10.2 Å². The Morgan fingerprint density at radius 2 is 2.06 bits per heavy atom. The Kier molecular flexibility index (Phi) is 6.58. The van der Waals surface area contributed by atoms with Crippen molar-refractivity contribution in [3.63, 3.8) is 0 Å². The number of carbonyl (C=O) groups is 2. The van der Waals surface area contributed by atoms with Gasteiger partial charge in [-0.05, 0) is 48.6 Å². The van der Waals surface area contributed by atoms with E-state index in [4.69, 9.17) is 11.6 Å². The van der Waals surface area contributed by atoms with Crippen LogP contribution in [0.25, 0.3) is 0 Å². The fourth-order valence-electron chi connectivity index (χ4n) is 4.40. The van der Waals surface area contributed by atoms with Gasteiger partial charge < -0.3 is 10.2 Å². The van der Waals surface area contributed by atoms with Crippen LogP contribution >= 0.6 is 23.4 Å². The first-order valence-electron chi connectivity index (χ1n) is 10.7. The molecule has 4 nitrogen and oxygen atoms in total. The molecule has 2 aromatic carbocycles. The molecule has 2 aromatic rings. The van der Waals surface area contributed by atoms with Gasteiger partial charge in [0.15, 0.2) is 0 Å². The van der Waals surface area contributed by atoms with E-state index in [-0.39, 0.29) is 40.7 Å². The van der Waals surface area contributed by atoms with Gasteiger partial charge in [-0.1, -0.05) is 44.4 Å². The van der Waals surface area contributed by atoms with E-state index in [9.17, 15) is 14.0 Å². The Labute approximate surface area is 191 Å². The summed E-state index contributed by atoms with van der Waals surface area (Å²) in [6.45, 7) is 4.45. The van der Waals surface area contributed by atoms with E-state index in [2.05, 4.69) is 19.2 Å². The van der Waals surface area contributed by atoms with Gasteiger partial charge in [0, 0.05) is 27.1 Å². The van der Waals surface area contributed by atoms with Crippen molar-refractivity contribution in [1.82, 2.24) is 5.32 Å². The summed E-state index contributed by atoms with van der Waals surface area (Å²) in [6.07, 6.45) is 3.29. The number of nitrogens with zero attached hydrogens (tertiary/aromatic N) is 1. The van der Waals surface area contributed by atoms with Gasteiger partial charge in [0.05, 0.1) is 18.0 Å². The van der Waals surface area contributed by atoms with Crippen LogP contribution in [0.2, 0.25) is 5.02 Å². The number of anilines is 1. The van der Waals surface area contributed by atoms with Crippen molar-refractivity contribution in [3.05, 3.63) is 58.4 Å². The lowest BCUT2D eigenvalue weighted by Gasteiger charge is -2.34. The first-order valence-corrected chi connectivity index (χ1v) is 12.0. The maximum Gasteiger partial charge on any atom is 0.251 e. The second kappa shape index (κ2) is 9.21. The van der Waals surface area contributed by atoms with E-state index in [1.54, 1.807) is 24.3 Å². The fourth-order valence-corrected chi connectivity index (χ4v) is 5.53. The Balaban J connectivity index is 1.60. The van der Waals surface area contributed by atoms with Crippen LogP contribution in [0.5, 0.6) is 0 Å². The van der Waals surface area contributed by atoms with Crippen molar-refractivity contribution < 1.29 is 14.0 Å². The molecule has 1 heterocycles. The largest absolute Gasteiger partial charge is 0.349 e. The molecule has 164 valence electrons. The Morgan fingerprint density at radius 1 is 1.26 bits per heavy atom. The average molecular weight is 461 g/mol. The van der Waals surface area contributed by atoms with Crippen molar-refractivity contribution >= 4 is 40.9 Å². The molecule has 0 aromatic heterocycles. The van der Waals surface area contributed by atoms with Gasteiger partial charge in [-0.25, -0.2) is 4.39 Å². The molecule has 1 aliphatic heterocycles. The summed E-state index contributed by atoms with van der Waals surface area (Å²) in [6, 6.07) is 10.0. The van der Waals surface area contributed by atoms with E-state index >= 15 is 0 Å². The highest BCUT2D eigenvalue weighted by molar-refractivity contribution is 8.00. The minimum absolute atomic E-state index is 0.0279. The summed E-state index contributed by atoms with van der Waals surface area (Å²) < 4.78 is 14.4. The third kappa shape index (κ3) is 4.60. The predicted molar refractivity (Wildman–Crippen MR) is 123 cm³/mol. The summed E-state index contributed by atoms with van der Waals surface area (Å²) in [7, 11) is 0. The Bertz CT molecular complexity index is 995. The number of hydrogen-bond donors (Lipinski definition) is 1. The Morgan fingerprint density at radius 3 is 2.84 bits per heavy atom. The van der Waals surface area contributed by atoms with Crippen molar-refractivity contribution in [3.8, 4) is 0 Å². The normalized spacial score (nSPS) is 23.4. The third-order valence-electron chi connectivity index (χ3n) is 6.57. The molecule has 1 aliphatic carbocycles. The quantitative estimate of drug-likeness (QED) is 0.639. The molecule has 7 heteroatoms.